The summed E-state index contributed by atoms with van der Waals surface area (Å²) in [7, 11) is 6.66. The molecule has 0 amide bonds. The normalized spacial score (nSPS) is 30.1. The predicted octanol–water partition coefficient (Wildman–Crippen LogP) is 1.90. The van der Waals surface area contributed by atoms with Gasteiger partial charge in [-0.25, -0.2) is 0 Å². The fraction of sp³-hybridized carbons (Fsp3) is 0.647. The van der Waals surface area contributed by atoms with E-state index in [9.17, 15) is 0 Å². The predicted molar refractivity (Wildman–Crippen MR) is 84.0 cm³/mol. The van der Waals surface area contributed by atoms with E-state index in [1.165, 1.54) is 43.5 Å². The highest BCUT2D eigenvalue weighted by Crippen LogP contribution is 2.34. The highest BCUT2D eigenvalue weighted by Gasteiger charge is 2.35. The number of nitrogens with one attached hydrogen (secondary N) is 1. The highest BCUT2D eigenvalue weighted by molar-refractivity contribution is 5.37. The maximum Gasteiger partial charge on any atom is 0.0481 e. The van der Waals surface area contributed by atoms with Gasteiger partial charge in [-0.1, -0.05) is 24.3 Å². The first-order chi connectivity index (χ1) is 9.70. The first-order valence-electron chi connectivity index (χ1n) is 7.86. The van der Waals surface area contributed by atoms with Gasteiger partial charge in [-0.15, -0.1) is 0 Å². The maximum absolute atomic E-state index is 3.53. The van der Waals surface area contributed by atoms with Crippen LogP contribution in [0, 0.1) is 0 Å². The first-order valence-corrected chi connectivity index (χ1v) is 7.86. The van der Waals surface area contributed by atoms with Gasteiger partial charge in [0.1, 0.15) is 0 Å². The Morgan fingerprint density at radius 2 is 2.15 bits per heavy atom. The molecule has 20 heavy (non-hydrogen) atoms. The molecule has 1 N–H and O–H groups in total. The molecule has 1 saturated heterocycles. The monoisotopic (exact) mass is 273 g/mol. The Morgan fingerprint density at radius 3 is 2.85 bits per heavy atom. The van der Waals surface area contributed by atoms with Gasteiger partial charge >= 0.3 is 0 Å². The molecule has 3 heteroatoms. The SMILES string of the molecule is CNC1c2ccccc2CC1N(C)CC1CCCN1C. The Morgan fingerprint density at radius 1 is 1.35 bits per heavy atom. The third-order valence-corrected chi connectivity index (χ3v) is 5.25. The minimum absolute atomic E-state index is 0.475. The van der Waals surface area contributed by atoms with E-state index < -0.39 is 0 Å². The molecule has 2 aliphatic rings. The molecule has 1 fully saturated rings. The van der Waals surface area contributed by atoms with Gasteiger partial charge in [-0.3, -0.25) is 4.90 Å². The molecule has 1 aliphatic carbocycles. The van der Waals surface area contributed by atoms with E-state index in [4.69, 9.17) is 0 Å². The van der Waals surface area contributed by atoms with Gasteiger partial charge in [0.15, 0.2) is 0 Å². The maximum atomic E-state index is 3.53. The number of hydrogen-bond acceptors (Lipinski definition) is 3. The van der Waals surface area contributed by atoms with E-state index >= 15 is 0 Å². The molecule has 0 saturated carbocycles. The van der Waals surface area contributed by atoms with Crippen LogP contribution in [0.5, 0.6) is 0 Å². The third-order valence-electron chi connectivity index (χ3n) is 5.25. The molecular formula is C17H27N3. The van der Waals surface area contributed by atoms with Gasteiger partial charge in [0.25, 0.3) is 0 Å². The molecule has 0 spiro atoms. The lowest BCUT2D eigenvalue weighted by molar-refractivity contribution is 0.158. The van der Waals surface area contributed by atoms with Crippen LogP contribution in [0.2, 0.25) is 0 Å². The summed E-state index contributed by atoms with van der Waals surface area (Å²) >= 11 is 0. The van der Waals surface area contributed by atoms with Crippen molar-refractivity contribution >= 4 is 0 Å². The Balaban J connectivity index is 1.71. The van der Waals surface area contributed by atoms with Gasteiger partial charge in [0, 0.05) is 24.7 Å². The van der Waals surface area contributed by atoms with Crippen LogP contribution in [0.25, 0.3) is 0 Å². The molecule has 1 aliphatic heterocycles. The van der Waals surface area contributed by atoms with E-state index in [2.05, 4.69) is 60.5 Å². The Kier molecular flexibility index (Phi) is 4.11. The van der Waals surface area contributed by atoms with Crippen LogP contribution < -0.4 is 5.32 Å². The van der Waals surface area contributed by atoms with Gasteiger partial charge in [0.05, 0.1) is 0 Å². The second kappa shape index (κ2) is 5.84. The van der Waals surface area contributed by atoms with E-state index in [1.54, 1.807) is 0 Å². The minimum Gasteiger partial charge on any atom is -0.312 e. The average molecular weight is 273 g/mol. The van der Waals surface area contributed by atoms with Crippen LogP contribution in [-0.2, 0) is 6.42 Å². The summed E-state index contributed by atoms with van der Waals surface area (Å²) in [6, 6.07) is 10.7. The molecule has 3 atom stereocenters. The van der Waals surface area contributed by atoms with Crippen LogP contribution in [0.4, 0.5) is 0 Å². The zero-order valence-corrected chi connectivity index (χ0v) is 13.0. The summed E-state index contributed by atoms with van der Waals surface area (Å²) in [5.41, 5.74) is 3.01. The summed E-state index contributed by atoms with van der Waals surface area (Å²) in [4.78, 5) is 5.10. The third kappa shape index (κ3) is 2.50. The molecule has 3 unspecified atom stereocenters. The fourth-order valence-corrected chi connectivity index (χ4v) is 4.01. The number of benzene rings is 1. The molecule has 1 heterocycles. The summed E-state index contributed by atoms with van der Waals surface area (Å²) in [5, 5.41) is 3.53. The average Bonchev–Trinajstić information content (AvgIpc) is 3.02. The number of rotatable bonds is 4. The molecular weight excluding hydrogens is 246 g/mol. The lowest BCUT2D eigenvalue weighted by atomic mass is 10.1. The smallest absolute Gasteiger partial charge is 0.0481 e. The van der Waals surface area contributed by atoms with E-state index in [-0.39, 0.29) is 0 Å². The van der Waals surface area contributed by atoms with Gasteiger partial charge in [0.2, 0.25) is 0 Å². The molecule has 3 rings (SSSR count). The van der Waals surface area contributed by atoms with E-state index in [0.29, 0.717) is 12.1 Å². The lowest BCUT2D eigenvalue weighted by Gasteiger charge is -2.33. The van der Waals surface area contributed by atoms with Crippen LogP contribution in [0.1, 0.15) is 30.0 Å². The Bertz CT molecular complexity index is 459. The Hall–Kier alpha value is -0.900. The van der Waals surface area contributed by atoms with Crippen LogP contribution >= 0.6 is 0 Å². The van der Waals surface area contributed by atoms with Crippen LogP contribution in [-0.4, -0.2) is 56.1 Å². The van der Waals surface area contributed by atoms with Crippen molar-refractivity contribution in [2.45, 2.75) is 37.4 Å². The minimum atomic E-state index is 0.475. The number of hydrogen-bond donors (Lipinski definition) is 1. The summed E-state index contributed by atoms with van der Waals surface area (Å²) < 4.78 is 0. The second-order valence-corrected chi connectivity index (χ2v) is 6.45. The van der Waals surface area contributed by atoms with Crippen molar-refractivity contribution in [2.24, 2.45) is 0 Å². The second-order valence-electron chi connectivity index (χ2n) is 6.45. The molecule has 3 nitrogen and oxygen atoms in total. The van der Waals surface area contributed by atoms with Gasteiger partial charge in [-0.2, -0.15) is 0 Å². The van der Waals surface area contributed by atoms with Crippen molar-refractivity contribution in [1.29, 1.82) is 0 Å². The quantitative estimate of drug-likeness (QED) is 0.904. The van der Waals surface area contributed by atoms with Crippen molar-refractivity contribution < 1.29 is 0 Å². The van der Waals surface area contributed by atoms with Crippen molar-refractivity contribution in [3.8, 4) is 0 Å². The summed E-state index contributed by atoms with van der Waals surface area (Å²) in [5.74, 6) is 0. The van der Waals surface area contributed by atoms with E-state index in [0.717, 1.165) is 6.04 Å². The fourth-order valence-electron chi connectivity index (χ4n) is 4.01. The molecule has 0 bridgehead atoms. The topological polar surface area (TPSA) is 18.5 Å². The van der Waals surface area contributed by atoms with Crippen LogP contribution in [0.15, 0.2) is 24.3 Å². The van der Waals surface area contributed by atoms with Crippen molar-refractivity contribution in [1.82, 2.24) is 15.1 Å². The number of likely N-dealkylation sites (tertiary alicyclic amines) is 1. The number of likely N-dealkylation sites (N-methyl/N-ethyl adjacent to an activating group) is 3. The molecule has 1 aromatic rings. The van der Waals surface area contributed by atoms with Gasteiger partial charge in [-0.05, 0) is 58.1 Å². The number of nitrogens with zero attached hydrogens (tertiary/aromatic N) is 2. The van der Waals surface area contributed by atoms with E-state index in [1.807, 2.05) is 0 Å². The largest absolute Gasteiger partial charge is 0.312 e. The summed E-state index contributed by atoms with van der Waals surface area (Å²) in [6.45, 7) is 2.45. The van der Waals surface area contributed by atoms with Crippen molar-refractivity contribution in [3.05, 3.63) is 35.4 Å². The Labute approximate surface area is 123 Å². The molecule has 0 aromatic heterocycles. The zero-order chi connectivity index (χ0) is 14.1. The summed E-state index contributed by atoms with van der Waals surface area (Å²) in [6.07, 6.45) is 3.88. The molecule has 0 radical (unpaired) electrons. The standard InChI is InChI=1S/C17H27N3/c1-18-17-15-9-5-4-7-13(15)11-16(17)20(3)12-14-8-6-10-19(14)2/h4-5,7,9,14,16-18H,6,8,10-12H2,1-3H3. The van der Waals surface area contributed by atoms with Crippen LogP contribution in [0.3, 0.4) is 0 Å². The van der Waals surface area contributed by atoms with Crippen molar-refractivity contribution in [3.63, 3.8) is 0 Å². The molecule has 110 valence electrons. The highest BCUT2D eigenvalue weighted by atomic mass is 15.2. The lowest BCUT2D eigenvalue weighted by Crippen LogP contribution is -2.45. The first kappa shape index (κ1) is 14.1. The zero-order valence-electron chi connectivity index (χ0n) is 13.0. The van der Waals surface area contributed by atoms with Crippen molar-refractivity contribution in [2.75, 3.05) is 34.2 Å². The number of fused-ring (bicyclic) bond motifs is 1. The van der Waals surface area contributed by atoms with Gasteiger partial charge < -0.3 is 10.2 Å². The molecule has 1 aromatic carbocycles.